The average Bonchev–Trinajstić information content (AvgIpc) is 2.61. The van der Waals surface area contributed by atoms with Crippen molar-refractivity contribution in [2.45, 2.75) is 26.7 Å². The summed E-state index contributed by atoms with van der Waals surface area (Å²) >= 11 is 5.91. The molecule has 26 heavy (non-hydrogen) atoms. The molecule has 1 amide bonds. The van der Waals surface area contributed by atoms with Crippen LogP contribution in [0.2, 0.25) is 5.02 Å². The molecule has 0 aliphatic rings. The lowest BCUT2D eigenvalue weighted by Gasteiger charge is -2.11. The van der Waals surface area contributed by atoms with Crippen molar-refractivity contribution in [2.75, 3.05) is 19.0 Å². The Morgan fingerprint density at radius 1 is 1.08 bits per heavy atom. The smallest absolute Gasteiger partial charge is 0.337 e. The number of rotatable bonds is 7. The van der Waals surface area contributed by atoms with Gasteiger partial charge in [0.05, 0.1) is 19.3 Å². The minimum atomic E-state index is -0.438. The largest absolute Gasteiger partial charge is 0.493 e. The van der Waals surface area contributed by atoms with Gasteiger partial charge >= 0.3 is 5.97 Å². The molecule has 1 N–H and O–H groups in total. The van der Waals surface area contributed by atoms with Gasteiger partial charge in [-0.3, -0.25) is 4.79 Å². The zero-order chi connectivity index (χ0) is 19.1. The number of ether oxygens (including phenoxy) is 2. The third kappa shape index (κ3) is 5.49. The number of anilines is 1. The number of amides is 1. The average molecular weight is 376 g/mol. The van der Waals surface area contributed by atoms with Crippen LogP contribution in [-0.2, 0) is 9.53 Å². The third-order valence-corrected chi connectivity index (χ3v) is 4.11. The van der Waals surface area contributed by atoms with Crippen molar-refractivity contribution in [1.82, 2.24) is 0 Å². The van der Waals surface area contributed by atoms with Crippen LogP contribution in [0.15, 0.2) is 36.4 Å². The van der Waals surface area contributed by atoms with Crippen LogP contribution in [0.5, 0.6) is 5.75 Å². The number of carbonyl (C=O) groups excluding carboxylic acids is 2. The first-order valence-electron chi connectivity index (χ1n) is 8.28. The molecule has 2 aromatic rings. The highest BCUT2D eigenvalue weighted by atomic mass is 35.5. The molecule has 138 valence electrons. The molecule has 2 rings (SSSR count). The van der Waals surface area contributed by atoms with Crippen LogP contribution in [0.4, 0.5) is 5.69 Å². The summed E-state index contributed by atoms with van der Waals surface area (Å²) in [6.07, 6.45) is 0.887. The van der Waals surface area contributed by atoms with E-state index in [0.717, 1.165) is 16.9 Å². The fraction of sp³-hybridized carbons (Fsp3) is 0.300. The van der Waals surface area contributed by atoms with Gasteiger partial charge < -0.3 is 14.8 Å². The second-order valence-electron chi connectivity index (χ2n) is 5.93. The van der Waals surface area contributed by atoms with E-state index in [9.17, 15) is 9.59 Å². The number of carbonyl (C=O) groups is 2. The van der Waals surface area contributed by atoms with Crippen LogP contribution in [0.25, 0.3) is 0 Å². The molecule has 5 nitrogen and oxygen atoms in total. The predicted octanol–water partition coefficient (Wildman–Crippen LogP) is 4.54. The minimum Gasteiger partial charge on any atom is -0.493 e. The van der Waals surface area contributed by atoms with Crippen LogP contribution < -0.4 is 10.1 Å². The standard InChI is InChI=1S/C20H22ClNO4/c1-13-6-7-15(20(24)25-3)12-17(13)22-19(23)5-4-10-26-18-9-8-16(21)11-14(18)2/h6-9,11-12H,4-5,10H2,1-3H3,(H,22,23). The van der Waals surface area contributed by atoms with Gasteiger partial charge in [-0.1, -0.05) is 17.7 Å². The molecule has 0 unspecified atom stereocenters. The molecule has 0 bridgehead atoms. The van der Waals surface area contributed by atoms with Crippen LogP contribution in [0.1, 0.15) is 34.3 Å². The third-order valence-electron chi connectivity index (χ3n) is 3.88. The molecule has 0 fully saturated rings. The summed E-state index contributed by atoms with van der Waals surface area (Å²) in [5.74, 6) is 0.190. The van der Waals surface area contributed by atoms with Crippen molar-refractivity contribution in [3.8, 4) is 5.75 Å². The molecular formula is C20H22ClNO4. The first-order chi connectivity index (χ1) is 12.4. The van der Waals surface area contributed by atoms with Crippen molar-refractivity contribution < 1.29 is 19.1 Å². The molecular weight excluding hydrogens is 354 g/mol. The molecule has 0 aliphatic heterocycles. The van der Waals surface area contributed by atoms with Crippen LogP contribution in [-0.4, -0.2) is 25.6 Å². The molecule has 2 aromatic carbocycles. The maximum absolute atomic E-state index is 12.1. The quantitative estimate of drug-likeness (QED) is 0.570. The summed E-state index contributed by atoms with van der Waals surface area (Å²) in [7, 11) is 1.32. The first-order valence-corrected chi connectivity index (χ1v) is 8.66. The Hall–Kier alpha value is -2.53. The van der Waals surface area contributed by atoms with Gasteiger partial charge in [0.15, 0.2) is 0 Å². The maximum Gasteiger partial charge on any atom is 0.337 e. The fourth-order valence-electron chi connectivity index (χ4n) is 2.40. The Bertz CT molecular complexity index is 804. The van der Waals surface area contributed by atoms with E-state index in [1.807, 2.05) is 26.0 Å². The van der Waals surface area contributed by atoms with E-state index in [2.05, 4.69) is 5.32 Å². The van der Waals surface area contributed by atoms with Crippen molar-refractivity contribution in [1.29, 1.82) is 0 Å². The normalized spacial score (nSPS) is 10.3. The van der Waals surface area contributed by atoms with Crippen molar-refractivity contribution >= 4 is 29.2 Å². The lowest BCUT2D eigenvalue weighted by Crippen LogP contribution is -2.14. The minimum absolute atomic E-state index is 0.133. The SMILES string of the molecule is COC(=O)c1ccc(C)c(NC(=O)CCCOc2ccc(Cl)cc2C)c1. The second kappa shape index (κ2) is 9.25. The van der Waals surface area contributed by atoms with E-state index in [1.165, 1.54) is 7.11 Å². The molecule has 0 heterocycles. The Morgan fingerprint density at radius 2 is 1.85 bits per heavy atom. The lowest BCUT2D eigenvalue weighted by molar-refractivity contribution is -0.116. The number of esters is 1. The van der Waals surface area contributed by atoms with Crippen molar-refractivity contribution in [2.24, 2.45) is 0 Å². The Kier molecular flexibility index (Phi) is 7.04. The molecule has 6 heteroatoms. The van der Waals surface area contributed by atoms with Crippen LogP contribution >= 0.6 is 11.6 Å². The van der Waals surface area contributed by atoms with E-state index in [0.29, 0.717) is 35.7 Å². The zero-order valence-electron chi connectivity index (χ0n) is 15.1. The lowest BCUT2D eigenvalue weighted by atomic mass is 10.1. The van der Waals surface area contributed by atoms with Crippen molar-refractivity contribution in [3.63, 3.8) is 0 Å². The zero-order valence-corrected chi connectivity index (χ0v) is 15.9. The molecule has 0 spiro atoms. The van der Waals surface area contributed by atoms with Gasteiger partial charge in [0.1, 0.15) is 5.75 Å². The Balaban J connectivity index is 1.84. The molecule has 0 saturated carbocycles. The van der Waals surface area contributed by atoms with Crippen LogP contribution in [0, 0.1) is 13.8 Å². The summed E-state index contributed by atoms with van der Waals surface area (Å²) in [5, 5.41) is 3.49. The monoisotopic (exact) mass is 375 g/mol. The van der Waals surface area contributed by atoms with Crippen LogP contribution in [0.3, 0.4) is 0 Å². The molecule has 0 radical (unpaired) electrons. The molecule has 0 aliphatic carbocycles. The molecule has 0 aromatic heterocycles. The van der Waals surface area contributed by atoms with Crippen molar-refractivity contribution in [3.05, 3.63) is 58.1 Å². The number of hydrogen-bond acceptors (Lipinski definition) is 4. The summed E-state index contributed by atoms with van der Waals surface area (Å²) in [6, 6.07) is 10.5. The number of aryl methyl sites for hydroxylation is 2. The number of methoxy groups -OCH3 is 1. The van der Waals surface area contributed by atoms with Gasteiger partial charge in [-0.05, 0) is 61.7 Å². The first kappa shape index (κ1) is 19.8. The number of benzene rings is 2. The van der Waals surface area contributed by atoms with Gasteiger partial charge in [0.25, 0.3) is 0 Å². The Labute approximate surface area is 158 Å². The topological polar surface area (TPSA) is 64.6 Å². The summed E-state index contributed by atoms with van der Waals surface area (Å²) in [5.41, 5.74) is 2.83. The van der Waals surface area contributed by atoms with E-state index in [1.54, 1.807) is 24.3 Å². The van der Waals surface area contributed by atoms with Gasteiger partial charge in [-0.2, -0.15) is 0 Å². The summed E-state index contributed by atoms with van der Waals surface area (Å²) in [6.45, 7) is 4.21. The number of nitrogens with one attached hydrogen (secondary N) is 1. The van der Waals surface area contributed by atoms with E-state index >= 15 is 0 Å². The van der Waals surface area contributed by atoms with E-state index in [-0.39, 0.29) is 5.91 Å². The second-order valence-corrected chi connectivity index (χ2v) is 6.37. The highest BCUT2D eigenvalue weighted by Gasteiger charge is 2.10. The highest BCUT2D eigenvalue weighted by molar-refractivity contribution is 6.30. The number of halogens is 1. The van der Waals surface area contributed by atoms with Gasteiger partial charge in [0, 0.05) is 17.1 Å². The summed E-state index contributed by atoms with van der Waals surface area (Å²) < 4.78 is 10.4. The fourth-order valence-corrected chi connectivity index (χ4v) is 2.63. The maximum atomic E-state index is 12.1. The summed E-state index contributed by atoms with van der Waals surface area (Å²) in [4.78, 5) is 23.7. The highest BCUT2D eigenvalue weighted by Crippen LogP contribution is 2.22. The molecule has 0 atom stereocenters. The van der Waals surface area contributed by atoms with E-state index < -0.39 is 5.97 Å². The van der Waals surface area contributed by atoms with Gasteiger partial charge in [-0.25, -0.2) is 4.79 Å². The molecule has 0 saturated heterocycles. The van der Waals surface area contributed by atoms with E-state index in [4.69, 9.17) is 21.1 Å². The van der Waals surface area contributed by atoms with Gasteiger partial charge in [0.2, 0.25) is 5.91 Å². The van der Waals surface area contributed by atoms with Gasteiger partial charge in [-0.15, -0.1) is 0 Å². The predicted molar refractivity (Wildman–Crippen MR) is 102 cm³/mol. The Morgan fingerprint density at radius 3 is 2.54 bits per heavy atom. The number of hydrogen-bond donors (Lipinski definition) is 1.